The van der Waals surface area contributed by atoms with Crippen LogP contribution in [0.5, 0.6) is 0 Å². The lowest BCUT2D eigenvalue weighted by atomic mass is 10.1. The van der Waals surface area contributed by atoms with Crippen molar-refractivity contribution in [3.8, 4) is 0 Å². The molecule has 0 rings (SSSR count). The molecule has 2 N–H and O–H groups in total. The molecule has 0 saturated heterocycles. The van der Waals surface area contributed by atoms with Crippen molar-refractivity contribution in [2.24, 2.45) is 0 Å². The largest absolute Gasteiger partial charge is 0.382 e. The van der Waals surface area contributed by atoms with Gasteiger partial charge < -0.3 is 10.5 Å². The van der Waals surface area contributed by atoms with E-state index < -0.39 is 5.78 Å². The molecule has 1 radical (unpaired) electrons. The highest BCUT2D eigenvalue weighted by atomic mass is 16.3. The zero-order chi connectivity index (χ0) is 7.28. The van der Waals surface area contributed by atoms with Crippen molar-refractivity contribution in [3.63, 3.8) is 0 Å². The molecule has 0 aromatic carbocycles. The average molecular weight is 128 g/mol. The fourth-order valence-corrected chi connectivity index (χ4v) is 0.451. The Morgan fingerprint density at radius 1 is 1.78 bits per heavy atom. The SMILES string of the molecule is CCCC(=N)C(=O)[CH]O. The molecule has 0 atom stereocenters. The Bertz CT molecular complexity index is 120. The van der Waals surface area contributed by atoms with Gasteiger partial charge in [0.1, 0.15) is 0 Å². The second-order valence-electron chi connectivity index (χ2n) is 1.72. The molecule has 0 amide bonds. The molecule has 0 aromatic heterocycles. The van der Waals surface area contributed by atoms with E-state index in [0.717, 1.165) is 6.42 Å². The Morgan fingerprint density at radius 3 is 2.67 bits per heavy atom. The molecule has 0 bridgehead atoms. The molecule has 0 aromatic rings. The van der Waals surface area contributed by atoms with Crippen molar-refractivity contribution in [1.29, 1.82) is 5.41 Å². The summed E-state index contributed by atoms with van der Waals surface area (Å²) in [7, 11) is 0. The average Bonchev–Trinajstić information content (AvgIpc) is 1.87. The van der Waals surface area contributed by atoms with Crippen molar-refractivity contribution in [3.05, 3.63) is 6.61 Å². The fourth-order valence-electron chi connectivity index (χ4n) is 0.451. The Labute approximate surface area is 54.2 Å². The van der Waals surface area contributed by atoms with Gasteiger partial charge in [-0.15, -0.1) is 0 Å². The molecule has 51 valence electrons. The summed E-state index contributed by atoms with van der Waals surface area (Å²) in [5.74, 6) is -0.586. The van der Waals surface area contributed by atoms with Crippen molar-refractivity contribution in [2.45, 2.75) is 19.8 Å². The maximum absolute atomic E-state index is 10.4. The van der Waals surface area contributed by atoms with Gasteiger partial charge in [-0.05, 0) is 6.42 Å². The van der Waals surface area contributed by atoms with Crippen LogP contribution in [0.1, 0.15) is 19.8 Å². The van der Waals surface area contributed by atoms with Crippen molar-refractivity contribution in [1.82, 2.24) is 0 Å². The fraction of sp³-hybridized carbons (Fsp3) is 0.500. The van der Waals surface area contributed by atoms with Crippen LogP contribution in [0.15, 0.2) is 0 Å². The maximum atomic E-state index is 10.4. The minimum atomic E-state index is -0.586. The van der Waals surface area contributed by atoms with Crippen molar-refractivity contribution in [2.75, 3.05) is 0 Å². The van der Waals surface area contributed by atoms with Crippen LogP contribution in [0.4, 0.5) is 0 Å². The number of nitrogens with one attached hydrogen (secondary N) is 1. The van der Waals surface area contributed by atoms with E-state index in [2.05, 4.69) is 0 Å². The number of aliphatic hydroxyl groups excluding tert-OH is 1. The van der Waals surface area contributed by atoms with E-state index in [9.17, 15) is 4.79 Å². The lowest BCUT2D eigenvalue weighted by molar-refractivity contribution is -0.112. The summed E-state index contributed by atoms with van der Waals surface area (Å²) in [4.78, 5) is 10.4. The van der Waals surface area contributed by atoms with Gasteiger partial charge in [0.15, 0.2) is 6.61 Å². The normalized spacial score (nSPS) is 9.11. The molecule has 0 saturated carbocycles. The molecule has 0 unspecified atom stereocenters. The molecule has 3 heteroatoms. The Hall–Kier alpha value is -0.700. The van der Waals surface area contributed by atoms with E-state index in [1.807, 2.05) is 6.92 Å². The summed E-state index contributed by atoms with van der Waals surface area (Å²) >= 11 is 0. The molecule has 0 aliphatic carbocycles. The van der Waals surface area contributed by atoms with Gasteiger partial charge >= 0.3 is 0 Å². The van der Waals surface area contributed by atoms with Gasteiger partial charge in [0, 0.05) is 0 Å². The van der Waals surface area contributed by atoms with Gasteiger partial charge in [-0.1, -0.05) is 13.3 Å². The summed E-state index contributed by atoms with van der Waals surface area (Å²) in [6.45, 7) is 2.30. The minimum Gasteiger partial charge on any atom is -0.382 e. The predicted molar refractivity (Wildman–Crippen MR) is 33.9 cm³/mol. The molecule has 0 fully saturated rings. The van der Waals surface area contributed by atoms with Crippen LogP contribution >= 0.6 is 0 Å². The summed E-state index contributed by atoms with van der Waals surface area (Å²) in [5, 5.41) is 15.1. The summed E-state index contributed by atoms with van der Waals surface area (Å²) < 4.78 is 0. The molecule has 0 aliphatic heterocycles. The lowest BCUT2D eigenvalue weighted by Gasteiger charge is -1.94. The van der Waals surface area contributed by atoms with Crippen LogP contribution < -0.4 is 0 Å². The molecular weight excluding hydrogens is 118 g/mol. The molecule has 3 nitrogen and oxygen atoms in total. The highest BCUT2D eigenvalue weighted by Crippen LogP contribution is 1.91. The number of carbonyl (C=O) groups is 1. The van der Waals surface area contributed by atoms with E-state index in [0.29, 0.717) is 13.0 Å². The molecule has 0 heterocycles. The van der Waals surface area contributed by atoms with E-state index in [1.54, 1.807) is 0 Å². The standard InChI is InChI=1S/C6H10NO2/c1-2-3-5(7)6(9)4-8/h4,7-8H,2-3H2,1H3. The number of ketones is 1. The van der Waals surface area contributed by atoms with Crippen LogP contribution in [-0.4, -0.2) is 16.6 Å². The first-order valence-corrected chi connectivity index (χ1v) is 2.81. The zero-order valence-electron chi connectivity index (χ0n) is 5.35. The highest BCUT2D eigenvalue weighted by molar-refractivity contribution is 6.41. The number of rotatable bonds is 4. The van der Waals surface area contributed by atoms with Gasteiger partial charge in [0.2, 0.25) is 5.78 Å². The Kier molecular flexibility index (Phi) is 3.88. The lowest BCUT2D eigenvalue weighted by Crippen LogP contribution is -2.11. The van der Waals surface area contributed by atoms with E-state index in [4.69, 9.17) is 10.5 Å². The van der Waals surface area contributed by atoms with E-state index >= 15 is 0 Å². The molecular formula is C6H10NO2. The molecule has 0 aliphatic rings. The quantitative estimate of drug-likeness (QED) is 0.553. The second kappa shape index (κ2) is 4.21. The van der Waals surface area contributed by atoms with Crippen molar-refractivity contribution < 1.29 is 9.90 Å². The molecule has 9 heavy (non-hydrogen) atoms. The predicted octanol–water partition coefficient (Wildman–Crippen LogP) is 0.910. The topological polar surface area (TPSA) is 61.2 Å². The summed E-state index contributed by atoms with van der Waals surface area (Å²) in [5.41, 5.74) is -0.0278. The highest BCUT2D eigenvalue weighted by Gasteiger charge is 2.05. The van der Waals surface area contributed by atoms with Gasteiger partial charge in [-0.3, -0.25) is 4.79 Å². The van der Waals surface area contributed by atoms with Gasteiger partial charge in [-0.25, -0.2) is 0 Å². The van der Waals surface area contributed by atoms with Crippen LogP contribution in [0.25, 0.3) is 0 Å². The number of hydrogen-bond acceptors (Lipinski definition) is 3. The number of hydrogen-bond donors (Lipinski definition) is 2. The summed E-state index contributed by atoms with van der Waals surface area (Å²) in [6.07, 6.45) is 1.20. The monoisotopic (exact) mass is 128 g/mol. The first kappa shape index (κ1) is 8.30. The number of aliphatic hydroxyl groups is 1. The number of Topliss-reactive ketones (excluding diaryl/α,β-unsaturated/α-hetero) is 1. The van der Waals surface area contributed by atoms with Crippen LogP contribution in [-0.2, 0) is 4.79 Å². The zero-order valence-corrected chi connectivity index (χ0v) is 5.35. The molecule has 0 spiro atoms. The third kappa shape index (κ3) is 2.98. The van der Waals surface area contributed by atoms with Gasteiger partial charge in [-0.2, -0.15) is 0 Å². The van der Waals surface area contributed by atoms with Crippen LogP contribution in [0, 0.1) is 12.0 Å². The van der Waals surface area contributed by atoms with Crippen molar-refractivity contribution >= 4 is 11.5 Å². The van der Waals surface area contributed by atoms with Gasteiger partial charge in [0.25, 0.3) is 0 Å². The smallest absolute Gasteiger partial charge is 0.207 e. The maximum Gasteiger partial charge on any atom is 0.207 e. The van der Waals surface area contributed by atoms with Gasteiger partial charge in [0.05, 0.1) is 5.71 Å². The minimum absolute atomic E-state index is 0.0278. The summed E-state index contributed by atoms with van der Waals surface area (Å²) in [6, 6.07) is 0. The third-order valence-electron chi connectivity index (χ3n) is 0.915. The van der Waals surface area contributed by atoms with E-state index in [1.165, 1.54) is 0 Å². The second-order valence-corrected chi connectivity index (χ2v) is 1.72. The third-order valence-corrected chi connectivity index (χ3v) is 0.915. The van der Waals surface area contributed by atoms with Crippen LogP contribution in [0.2, 0.25) is 0 Å². The Morgan fingerprint density at radius 2 is 2.33 bits per heavy atom. The first-order valence-electron chi connectivity index (χ1n) is 2.81. The number of carbonyl (C=O) groups excluding carboxylic acids is 1. The van der Waals surface area contributed by atoms with Crippen LogP contribution in [0.3, 0.4) is 0 Å². The first-order chi connectivity index (χ1) is 4.22. The van der Waals surface area contributed by atoms with E-state index in [-0.39, 0.29) is 5.71 Å². The Balaban J connectivity index is 3.60.